The van der Waals surface area contributed by atoms with Crippen molar-refractivity contribution >= 4 is 23.1 Å². The van der Waals surface area contributed by atoms with Gasteiger partial charge in [0.05, 0.1) is 10.7 Å². The summed E-state index contributed by atoms with van der Waals surface area (Å²) in [4.78, 5) is 7.71. The van der Waals surface area contributed by atoms with E-state index in [1.54, 1.807) is 0 Å². The van der Waals surface area contributed by atoms with Crippen molar-refractivity contribution in [1.82, 2.24) is 9.97 Å². The summed E-state index contributed by atoms with van der Waals surface area (Å²) in [6.07, 6.45) is 2.78. The average molecular weight is 249 g/mol. The highest BCUT2D eigenvalue weighted by molar-refractivity contribution is 6.33. The summed E-state index contributed by atoms with van der Waals surface area (Å²) in [5.74, 6) is -0.353. The number of hydrogen-bond donors (Lipinski definition) is 1. The molecule has 0 aliphatic heterocycles. The molecule has 0 bridgehead atoms. The van der Waals surface area contributed by atoms with E-state index in [9.17, 15) is 4.39 Å². The lowest BCUT2D eigenvalue weighted by atomic mass is 10.3. The summed E-state index contributed by atoms with van der Waals surface area (Å²) in [6.45, 7) is 0. The molecule has 0 amide bonds. The number of nitrogens with zero attached hydrogens (tertiary/aromatic N) is 3. The van der Waals surface area contributed by atoms with Crippen molar-refractivity contribution in [2.45, 2.75) is 0 Å². The molecule has 0 aliphatic carbocycles. The molecule has 0 saturated heterocycles. The van der Waals surface area contributed by atoms with E-state index in [4.69, 9.17) is 16.9 Å². The highest BCUT2D eigenvalue weighted by atomic mass is 35.5. The Balaban J connectivity index is 2.42. The van der Waals surface area contributed by atoms with Gasteiger partial charge in [0.1, 0.15) is 11.9 Å². The zero-order valence-corrected chi connectivity index (χ0v) is 9.24. The number of nitriles is 1. The molecule has 2 aromatic rings. The second-order valence-electron chi connectivity index (χ2n) is 3.09. The molecule has 1 aromatic heterocycles. The number of hydrogen-bond acceptors (Lipinski definition) is 4. The van der Waals surface area contributed by atoms with Crippen LogP contribution in [0.5, 0.6) is 0 Å². The van der Waals surface area contributed by atoms with Crippen LogP contribution in [0.15, 0.2) is 30.6 Å². The molecule has 17 heavy (non-hydrogen) atoms. The van der Waals surface area contributed by atoms with Gasteiger partial charge in [-0.3, -0.25) is 0 Å². The fourth-order valence-electron chi connectivity index (χ4n) is 1.25. The molecule has 84 valence electrons. The third-order valence-corrected chi connectivity index (χ3v) is 2.33. The van der Waals surface area contributed by atoms with Gasteiger partial charge in [-0.1, -0.05) is 17.7 Å². The molecular weight excluding hydrogens is 243 g/mol. The van der Waals surface area contributed by atoms with Crippen molar-refractivity contribution in [3.05, 3.63) is 47.1 Å². The van der Waals surface area contributed by atoms with Gasteiger partial charge in [0.2, 0.25) is 0 Å². The summed E-state index contributed by atoms with van der Waals surface area (Å²) < 4.78 is 13.5. The maximum atomic E-state index is 13.5. The standard InChI is InChI=1S/C11H6ClFN4/c12-7-2-1-3-8(13)10(7)17-11-9(6-14)15-4-5-16-11/h1-5H,(H,16,17). The van der Waals surface area contributed by atoms with Gasteiger partial charge in [0.25, 0.3) is 0 Å². The Morgan fingerprint density at radius 2 is 2.06 bits per heavy atom. The fourth-order valence-corrected chi connectivity index (χ4v) is 1.46. The molecule has 0 aliphatic rings. The summed E-state index contributed by atoms with van der Waals surface area (Å²) in [5, 5.41) is 11.7. The molecule has 2 rings (SSSR count). The second-order valence-corrected chi connectivity index (χ2v) is 3.49. The van der Waals surface area contributed by atoms with Crippen LogP contribution in [-0.4, -0.2) is 9.97 Å². The van der Waals surface area contributed by atoms with Crippen LogP contribution in [-0.2, 0) is 0 Å². The highest BCUT2D eigenvalue weighted by Gasteiger charge is 2.10. The molecule has 6 heteroatoms. The first-order valence-electron chi connectivity index (χ1n) is 4.64. The Labute approximate surface area is 102 Å². The summed E-state index contributed by atoms with van der Waals surface area (Å²) >= 11 is 5.84. The lowest BCUT2D eigenvalue weighted by molar-refractivity contribution is 0.632. The quantitative estimate of drug-likeness (QED) is 0.888. The lowest BCUT2D eigenvalue weighted by Crippen LogP contribution is -2.00. The molecule has 0 radical (unpaired) electrons. The molecule has 0 spiro atoms. The molecule has 0 fully saturated rings. The normalized spacial score (nSPS) is 9.71. The first-order chi connectivity index (χ1) is 8.22. The van der Waals surface area contributed by atoms with Crippen LogP contribution in [0.4, 0.5) is 15.9 Å². The van der Waals surface area contributed by atoms with Gasteiger partial charge in [0, 0.05) is 12.4 Å². The van der Waals surface area contributed by atoms with Crippen molar-refractivity contribution < 1.29 is 4.39 Å². The van der Waals surface area contributed by atoms with Crippen LogP contribution in [0.2, 0.25) is 5.02 Å². The lowest BCUT2D eigenvalue weighted by Gasteiger charge is -2.08. The molecule has 4 nitrogen and oxygen atoms in total. The van der Waals surface area contributed by atoms with E-state index < -0.39 is 5.82 Å². The molecular formula is C11H6ClFN4. The Hall–Kier alpha value is -2.19. The Bertz CT molecular complexity index is 574. The van der Waals surface area contributed by atoms with E-state index in [2.05, 4.69) is 15.3 Å². The molecule has 0 saturated carbocycles. The Kier molecular flexibility index (Phi) is 3.17. The van der Waals surface area contributed by atoms with Gasteiger partial charge in [-0.2, -0.15) is 5.26 Å². The van der Waals surface area contributed by atoms with Crippen LogP contribution in [0.25, 0.3) is 0 Å². The Morgan fingerprint density at radius 3 is 2.76 bits per heavy atom. The topological polar surface area (TPSA) is 61.6 Å². The van der Waals surface area contributed by atoms with Crippen LogP contribution >= 0.6 is 11.6 Å². The minimum Gasteiger partial charge on any atom is -0.334 e. The number of para-hydroxylation sites is 1. The third kappa shape index (κ3) is 2.32. The minimum absolute atomic E-state index is 0.0752. The first kappa shape index (κ1) is 11.3. The summed E-state index contributed by atoms with van der Waals surface area (Å²) in [6, 6.07) is 6.14. The zero-order valence-electron chi connectivity index (χ0n) is 8.48. The molecule has 0 atom stereocenters. The third-order valence-electron chi connectivity index (χ3n) is 2.01. The minimum atomic E-state index is -0.521. The number of halogens is 2. The van der Waals surface area contributed by atoms with E-state index in [0.717, 1.165) is 0 Å². The van der Waals surface area contributed by atoms with Gasteiger partial charge in [-0.15, -0.1) is 0 Å². The molecule has 1 heterocycles. The predicted molar refractivity (Wildman–Crippen MR) is 61.4 cm³/mol. The van der Waals surface area contributed by atoms with Gasteiger partial charge >= 0.3 is 0 Å². The SMILES string of the molecule is N#Cc1nccnc1Nc1c(F)cccc1Cl. The largest absolute Gasteiger partial charge is 0.334 e. The predicted octanol–water partition coefficient (Wildman–Crippen LogP) is 2.88. The fraction of sp³-hybridized carbons (Fsp3) is 0. The zero-order chi connectivity index (χ0) is 12.3. The van der Waals surface area contributed by atoms with E-state index in [1.165, 1.54) is 30.6 Å². The van der Waals surface area contributed by atoms with E-state index in [-0.39, 0.29) is 22.2 Å². The maximum Gasteiger partial charge on any atom is 0.183 e. The highest BCUT2D eigenvalue weighted by Crippen LogP contribution is 2.27. The van der Waals surface area contributed by atoms with Crippen molar-refractivity contribution in [2.24, 2.45) is 0 Å². The van der Waals surface area contributed by atoms with Crippen molar-refractivity contribution in [3.8, 4) is 6.07 Å². The van der Waals surface area contributed by atoms with Gasteiger partial charge < -0.3 is 5.32 Å². The molecule has 0 unspecified atom stereocenters. The maximum absolute atomic E-state index is 13.5. The number of aromatic nitrogens is 2. The van der Waals surface area contributed by atoms with Crippen molar-refractivity contribution in [1.29, 1.82) is 5.26 Å². The van der Waals surface area contributed by atoms with E-state index >= 15 is 0 Å². The van der Waals surface area contributed by atoms with Gasteiger partial charge in [0.15, 0.2) is 11.5 Å². The van der Waals surface area contributed by atoms with Crippen LogP contribution < -0.4 is 5.32 Å². The number of benzene rings is 1. The van der Waals surface area contributed by atoms with Crippen LogP contribution in [0.1, 0.15) is 5.69 Å². The number of rotatable bonds is 2. The van der Waals surface area contributed by atoms with E-state index in [1.807, 2.05) is 6.07 Å². The molecule has 1 aromatic carbocycles. The molecule has 1 N–H and O–H groups in total. The summed E-state index contributed by atoms with van der Waals surface area (Å²) in [7, 11) is 0. The monoisotopic (exact) mass is 248 g/mol. The first-order valence-corrected chi connectivity index (χ1v) is 5.02. The second kappa shape index (κ2) is 4.76. The van der Waals surface area contributed by atoms with E-state index in [0.29, 0.717) is 0 Å². The van der Waals surface area contributed by atoms with Gasteiger partial charge in [-0.25, -0.2) is 14.4 Å². The average Bonchev–Trinajstić information content (AvgIpc) is 2.34. The van der Waals surface area contributed by atoms with Crippen LogP contribution in [0.3, 0.4) is 0 Å². The van der Waals surface area contributed by atoms with Crippen molar-refractivity contribution in [2.75, 3.05) is 5.32 Å². The van der Waals surface area contributed by atoms with Gasteiger partial charge in [-0.05, 0) is 12.1 Å². The number of anilines is 2. The summed E-state index contributed by atoms with van der Waals surface area (Å²) in [5.41, 5.74) is 0.151. The number of nitrogens with one attached hydrogen (secondary N) is 1. The smallest absolute Gasteiger partial charge is 0.183 e. The Morgan fingerprint density at radius 1 is 1.29 bits per heavy atom. The van der Waals surface area contributed by atoms with Crippen LogP contribution in [0, 0.1) is 17.1 Å². The van der Waals surface area contributed by atoms with Crippen molar-refractivity contribution in [3.63, 3.8) is 0 Å².